The summed E-state index contributed by atoms with van der Waals surface area (Å²) in [7, 11) is 0. The van der Waals surface area contributed by atoms with E-state index in [4.69, 9.17) is 28.6 Å². The molecule has 3 aliphatic rings. The van der Waals surface area contributed by atoms with Gasteiger partial charge in [-0.2, -0.15) is 4.98 Å². The largest absolute Gasteiger partial charge is 0.481 e. The maximum Gasteiger partial charge on any atom is 0.407 e. The van der Waals surface area contributed by atoms with Crippen LogP contribution in [-0.2, 0) is 54.3 Å². The topological polar surface area (TPSA) is 311 Å². The predicted molar refractivity (Wildman–Crippen MR) is 264 cm³/mol. The number of carbonyl (C=O) groups excluding carboxylic acids is 6. The average molecular weight is 1020 g/mol. The van der Waals surface area contributed by atoms with Crippen molar-refractivity contribution in [2.45, 2.75) is 161 Å². The Morgan fingerprint density at radius 3 is 2.30 bits per heavy atom. The molecule has 1 aromatic heterocycles. The van der Waals surface area contributed by atoms with E-state index in [-0.39, 0.29) is 86.8 Å². The van der Waals surface area contributed by atoms with Gasteiger partial charge in [0.15, 0.2) is 5.82 Å². The van der Waals surface area contributed by atoms with Crippen LogP contribution >= 0.6 is 0 Å². The highest BCUT2D eigenvalue weighted by molar-refractivity contribution is 5.98. The Kier molecular flexibility index (Phi) is 21.2. The average Bonchev–Trinajstić information content (AvgIpc) is 3.98. The van der Waals surface area contributed by atoms with Gasteiger partial charge in [0.25, 0.3) is 0 Å². The SMILES string of the molecule is CC(/C=C/[C@H]1O[C@H](CC(=O)NCCNC(=O)OCc2ccc(NC(=O)[C@H](C)NC(=O)[C@@H](NC(=O)CCC(=O)O)C(C)C)cc2)C[C@@]2(CO2)[C@@H]1O)=C\C[C@@H]1O[C@H](C)[C@H](NC(=O)/C=C\[C@@H](C)c2noc(C)n2)C[C@@H]1C. The first kappa shape index (κ1) is 57.4. The monoisotopic (exact) mass is 1020 g/mol. The second kappa shape index (κ2) is 27.0. The minimum atomic E-state index is -1.13. The zero-order valence-corrected chi connectivity index (χ0v) is 42.8. The number of nitrogens with zero attached hydrogens (tertiary/aromatic N) is 2. The van der Waals surface area contributed by atoms with Crippen molar-refractivity contribution >= 4 is 47.3 Å². The number of epoxide rings is 1. The Balaban J connectivity index is 0.969. The molecule has 3 aliphatic heterocycles. The summed E-state index contributed by atoms with van der Waals surface area (Å²) in [5, 5.41) is 40.1. The standard InChI is InChI=1S/C51H72N8O14/c1-28(2)45(58-42(61)19-20-44(63)64)49(67)54-32(6)48(66)56-36-14-12-35(13-15-36)26-69-50(68)53-22-21-52-43(62)24-37-25-51(27-70-51)46(65)40(72-37)17-10-29(3)9-16-39-31(5)23-38(33(7)71-39)57-41(60)18-11-30(4)47-55-34(8)73-59-47/h9-15,17-18,28,30-33,37-40,45-46,65H,16,19-27H2,1-8H3,(H,52,62)(H,53,68)(H,54,67)(H,56,66)(H,57,60)(H,58,61)(H,63,64)/b17-10+,18-11-,29-9+/t30-,31+,32+,33-,37-,38-,39+,40-,45+,46-,51-/m1/s1. The number of aliphatic carboxylic acids is 1. The van der Waals surface area contributed by atoms with E-state index < -0.39 is 65.8 Å². The van der Waals surface area contributed by atoms with Crippen molar-refractivity contribution in [1.82, 2.24) is 36.7 Å². The number of allylic oxidation sites excluding steroid dienone is 3. The fourth-order valence-electron chi connectivity index (χ4n) is 8.33. The number of aliphatic hydroxyl groups is 1. The molecule has 1 aromatic carbocycles. The molecule has 400 valence electrons. The molecule has 2 aromatic rings. The molecule has 22 heteroatoms. The van der Waals surface area contributed by atoms with Crippen molar-refractivity contribution in [1.29, 1.82) is 0 Å². The minimum absolute atomic E-state index is 0.0210. The van der Waals surface area contributed by atoms with Crippen LogP contribution in [0.4, 0.5) is 10.5 Å². The lowest BCUT2D eigenvalue weighted by Gasteiger charge is -2.39. The third-order valence-electron chi connectivity index (χ3n) is 12.8. The summed E-state index contributed by atoms with van der Waals surface area (Å²) in [6.45, 7) is 15.0. The van der Waals surface area contributed by atoms with Gasteiger partial charge in [-0.05, 0) is 69.2 Å². The number of carboxylic acids is 1. The van der Waals surface area contributed by atoms with Crippen molar-refractivity contribution in [2.75, 3.05) is 25.0 Å². The number of rotatable bonds is 24. The Morgan fingerprint density at radius 2 is 1.64 bits per heavy atom. The molecule has 0 unspecified atom stereocenters. The number of hydrogen-bond acceptors (Lipinski definition) is 15. The lowest BCUT2D eigenvalue weighted by atomic mass is 9.87. The molecule has 4 heterocycles. The molecule has 6 amide bonds. The minimum Gasteiger partial charge on any atom is -0.481 e. The van der Waals surface area contributed by atoms with Crippen molar-refractivity contribution in [3.05, 3.63) is 77.5 Å². The van der Waals surface area contributed by atoms with Gasteiger partial charge < -0.3 is 65.6 Å². The van der Waals surface area contributed by atoms with E-state index >= 15 is 0 Å². The first-order valence-electron chi connectivity index (χ1n) is 24.8. The predicted octanol–water partition coefficient (Wildman–Crippen LogP) is 3.40. The lowest BCUT2D eigenvalue weighted by Crippen LogP contribution is -2.53. The van der Waals surface area contributed by atoms with Gasteiger partial charge >= 0.3 is 12.1 Å². The molecule has 0 bridgehead atoms. The first-order chi connectivity index (χ1) is 34.6. The summed E-state index contributed by atoms with van der Waals surface area (Å²) in [6, 6.07) is 4.40. The number of alkyl carbamates (subject to hydrolysis) is 1. The molecule has 3 saturated heterocycles. The third kappa shape index (κ3) is 18.2. The summed E-state index contributed by atoms with van der Waals surface area (Å²) in [4.78, 5) is 90.9. The van der Waals surface area contributed by atoms with E-state index in [1.165, 1.54) is 13.0 Å². The molecule has 3 fully saturated rings. The van der Waals surface area contributed by atoms with Crippen LogP contribution in [0, 0.1) is 18.8 Å². The number of aryl methyl sites for hydroxylation is 1. The van der Waals surface area contributed by atoms with Crippen molar-refractivity contribution < 1.29 is 67.2 Å². The number of anilines is 1. The number of ether oxygens (including phenoxy) is 4. The zero-order chi connectivity index (χ0) is 53.4. The van der Waals surface area contributed by atoms with E-state index in [2.05, 4.69) is 55.0 Å². The van der Waals surface area contributed by atoms with Gasteiger partial charge in [0.2, 0.25) is 35.4 Å². The molecule has 22 nitrogen and oxygen atoms in total. The molecule has 11 atom stereocenters. The highest BCUT2D eigenvalue weighted by Gasteiger charge is 2.58. The van der Waals surface area contributed by atoms with Gasteiger partial charge in [-0.15, -0.1) is 0 Å². The third-order valence-corrected chi connectivity index (χ3v) is 12.8. The second-order valence-corrected chi connectivity index (χ2v) is 19.5. The number of hydrogen-bond donors (Lipinski definition) is 8. The number of benzene rings is 1. The quantitative estimate of drug-likeness (QED) is 0.0323. The number of aromatic nitrogens is 2. The molecule has 0 saturated carbocycles. The van der Waals surface area contributed by atoms with Crippen molar-refractivity contribution in [3.63, 3.8) is 0 Å². The first-order valence-corrected chi connectivity index (χ1v) is 24.8. The van der Waals surface area contributed by atoms with E-state index in [0.29, 0.717) is 42.4 Å². The van der Waals surface area contributed by atoms with Crippen LogP contribution in [0.1, 0.15) is 110 Å². The van der Waals surface area contributed by atoms with Gasteiger partial charge in [-0.25, -0.2) is 4.79 Å². The van der Waals surface area contributed by atoms with Crippen LogP contribution in [0.5, 0.6) is 0 Å². The molecule has 73 heavy (non-hydrogen) atoms. The van der Waals surface area contributed by atoms with Gasteiger partial charge in [0.1, 0.15) is 36.5 Å². The lowest BCUT2D eigenvalue weighted by molar-refractivity contribution is -0.145. The van der Waals surface area contributed by atoms with Crippen LogP contribution in [0.25, 0.3) is 0 Å². The Hall–Kier alpha value is -6.49. The van der Waals surface area contributed by atoms with E-state index in [0.717, 1.165) is 12.0 Å². The molecule has 1 spiro atoms. The van der Waals surface area contributed by atoms with Gasteiger partial charge in [0.05, 0.1) is 43.8 Å². The number of aliphatic hydroxyl groups excluding tert-OH is 1. The maximum atomic E-state index is 12.9. The number of amides is 6. The molecule has 0 radical (unpaired) electrons. The van der Waals surface area contributed by atoms with Crippen LogP contribution in [0.3, 0.4) is 0 Å². The summed E-state index contributed by atoms with van der Waals surface area (Å²) in [6.07, 6.45) is 6.98. The van der Waals surface area contributed by atoms with Gasteiger partial charge in [-0.1, -0.05) is 74.9 Å². The highest BCUT2D eigenvalue weighted by atomic mass is 16.6. The normalized spacial score (nSPS) is 25.1. The number of carboxylic acid groups (broad SMARTS) is 1. The summed E-state index contributed by atoms with van der Waals surface area (Å²) in [5.41, 5.74) is 1.21. The van der Waals surface area contributed by atoms with Crippen LogP contribution in [-0.4, -0.2) is 136 Å². The van der Waals surface area contributed by atoms with Crippen LogP contribution < -0.4 is 31.9 Å². The van der Waals surface area contributed by atoms with Gasteiger partial charge in [-0.3, -0.25) is 28.8 Å². The molecule has 0 aliphatic carbocycles. The second-order valence-electron chi connectivity index (χ2n) is 19.5. The summed E-state index contributed by atoms with van der Waals surface area (Å²) < 4.78 is 28.6. The molecule has 5 rings (SSSR count). The molecular weight excluding hydrogens is 949 g/mol. The number of carbonyl (C=O) groups is 7. The van der Waals surface area contributed by atoms with E-state index in [1.54, 1.807) is 57.2 Å². The molecule has 8 N–H and O–H groups in total. The van der Waals surface area contributed by atoms with Crippen molar-refractivity contribution in [2.24, 2.45) is 11.8 Å². The summed E-state index contributed by atoms with van der Waals surface area (Å²) >= 11 is 0. The zero-order valence-electron chi connectivity index (χ0n) is 42.8. The Morgan fingerprint density at radius 1 is 0.932 bits per heavy atom. The van der Waals surface area contributed by atoms with E-state index in [1.807, 2.05) is 26.8 Å². The smallest absolute Gasteiger partial charge is 0.407 e. The number of nitrogens with one attached hydrogen (secondary N) is 6. The van der Waals surface area contributed by atoms with Gasteiger partial charge in [0, 0.05) is 44.5 Å². The Bertz CT molecular complexity index is 2330. The summed E-state index contributed by atoms with van der Waals surface area (Å²) in [5.74, 6) is -2.70. The van der Waals surface area contributed by atoms with E-state index in [9.17, 15) is 38.7 Å². The van der Waals surface area contributed by atoms with Crippen molar-refractivity contribution in [3.8, 4) is 0 Å². The fraction of sp³-hybridized carbons (Fsp3) is 0.588. The maximum absolute atomic E-state index is 12.9. The van der Waals surface area contributed by atoms with Crippen LogP contribution in [0.2, 0.25) is 0 Å². The van der Waals surface area contributed by atoms with Crippen LogP contribution in [0.15, 0.2) is 64.7 Å². The fourth-order valence-corrected chi connectivity index (χ4v) is 8.33. The molecular formula is C51H72N8O14. The Labute approximate surface area is 425 Å². The highest BCUT2D eigenvalue weighted by Crippen LogP contribution is 2.43.